The van der Waals surface area contributed by atoms with E-state index in [9.17, 15) is 9.90 Å². The van der Waals surface area contributed by atoms with E-state index in [1.165, 1.54) is 6.42 Å². The molecule has 2 rings (SSSR count). The summed E-state index contributed by atoms with van der Waals surface area (Å²) in [4.78, 5) is 14.3. The highest BCUT2D eigenvalue weighted by atomic mass is 16.5. The third-order valence-corrected chi connectivity index (χ3v) is 5.13. The van der Waals surface area contributed by atoms with Gasteiger partial charge in [0.15, 0.2) is 0 Å². The quantitative estimate of drug-likeness (QED) is 0.783. The summed E-state index contributed by atoms with van der Waals surface area (Å²) in [6, 6.07) is 0.587. The molecule has 1 aliphatic carbocycles. The first-order valence-corrected chi connectivity index (χ1v) is 8.93. The molecule has 2 fully saturated rings. The van der Waals surface area contributed by atoms with Gasteiger partial charge in [-0.25, -0.2) is 0 Å². The van der Waals surface area contributed by atoms with Gasteiger partial charge in [-0.05, 0) is 39.0 Å². The zero-order valence-electron chi connectivity index (χ0n) is 14.1. The van der Waals surface area contributed by atoms with Crippen molar-refractivity contribution in [3.63, 3.8) is 0 Å². The number of nitrogens with one attached hydrogen (secondary N) is 1. The van der Waals surface area contributed by atoms with Crippen LogP contribution >= 0.6 is 0 Å². The van der Waals surface area contributed by atoms with Crippen LogP contribution in [0.1, 0.15) is 58.8 Å². The molecule has 2 aliphatic rings. The van der Waals surface area contributed by atoms with Crippen LogP contribution in [0.2, 0.25) is 0 Å². The van der Waals surface area contributed by atoms with Crippen LogP contribution in [0, 0.1) is 0 Å². The van der Waals surface area contributed by atoms with Gasteiger partial charge in [-0.2, -0.15) is 0 Å². The van der Waals surface area contributed by atoms with Crippen LogP contribution in [0.3, 0.4) is 0 Å². The minimum Gasteiger partial charge on any atom is -0.391 e. The molecule has 0 aromatic carbocycles. The van der Waals surface area contributed by atoms with Crippen LogP contribution < -0.4 is 5.32 Å². The van der Waals surface area contributed by atoms with Gasteiger partial charge in [0.1, 0.15) is 6.61 Å². The molecule has 5 nitrogen and oxygen atoms in total. The number of carbonyl (C=O) groups excluding carboxylic acids is 1. The minimum atomic E-state index is -0.163. The monoisotopic (exact) mass is 312 g/mol. The van der Waals surface area contributed by atoms with Crippen molar-refractivity contribution < 1.29 is 14.6 Å². The smallest absolute Gasteiger partial charge is 0.246 e. The molecule has 5 heteroatoms. The molecule has 3 unspecified atom stereocenters. The Kier molecular flexibility index (Phi) is 7.12. The second kappa shape index (κ2) is 8.85. The van der Waals surface area contributed by atoms with Crippen LogP contribution in [0.5, 0.6) is 0 Å². The van der Waals surface area contributed by atoms with Crippen LogP contribution in [-0.2, 0) is 9.53 Å². The Balaban J connectivity index is 1.67. The van der Waals surface area contributed by atoms with Crippen molar-refractivity contribution in [2.45, 2.75) is 83.1 Å². The molecule has 3 atom stereocenters. The molecule has 1 amide bonds. The van der Waals surface area contributed by atoms with Crippen LogP contribution in [0.25, 0.3) is 0 Å². The summed E-state index contributed by atoms with van der Waals surface area (Å²) < 4.78 is 5.47. The first kappa shape index (κ1) is 17.7. The molecular formula is C17H32N2O3. The van der Waals surface area contributed by atoms with Gasteiger partial charge in [0.2, 0.25) is 5.91 Å². The van der Waals surface area contributed by atoms with E-state index >= 15 is 0 Å². The summed E-state index contributed by atoms with van der Waals surface area (Å²) in [6.07, 6.45) is 7.27. The second-order valence-corrected chi connectivity index (χ2v) is 6.83. The van der Waals surface area contributed by atoms with E-state index in [0.717, 1.165) is 51.6 Å². The van der Waals surface area contributed by atoms with Gasteiger partial charge in [0.05, 0.1) is 12.2 Å². The average molecular weight is 312 g/mol. The first-order chi connectivity index (χ1) is 10.6. The minimum absolute atomic E-state index is 0.00329. The molecule has 0 aromatic heterocycles. The van der Waals surface area contributed by atoms with Crippen LogP contribution in [0.4, 0.5) is 0 Å². The van der Waals surface area contributed by atoms with E-state index in [1.54, 1.807) is 0 Å². The molecule has 0 bridgehead atoms. The molecule has 0 radical (unpaired) electrons. The number of ether oxygens (including phenoxy) is 1. The van der Waals surface area contributed by atoms with Crippen LogP contribution in [0.15, 0.2) is 0 Å². The van der Waals surface area contributed by atoms with E-state index in [1.807, 2.05) is 6.92 Å². The Labute approximate surface area is 134 Å². The van der Waals surface area contributed by atoms with Crippen molar-refractivity contribution in [2.24, 2.45) is 0 Å². The SMILES string of the molecule is CCC(C)OCC(=O)NC1CCN(C2CCCCC2O)CC1. The molecule has 22 heavy (non-hydrogen) atoms. The fourth-order valence-electron chi connectivity index (χ4n) is 3.50. The lowest BCUT2D eigenvalue weighted by Crippen LogP contribution is -2.52. The van der Waals surface area contributed by atoms with Crippen molar-refractivity contribution in [3.8, 4) is 0 Å². The lowest BCUT2D eigenvalue weighted by atomic mass is 9.89. The lowest BCUT2D eigenvalue weighted by Gasteiger charge is -2.41. The van der Waals surface area contributed by atoms with Crippen molar-refractivity contribution in [1.29, 1.82) is 0 Å². The van der Waals surface area contributed by atoms with E-state index < -0.39 is 0 Å². The van der Waals surface area contributed by atoms with Gasteiger partial charge in [0.25, 0.3) is 0 Å². The fraction of sp³-hybridized carbons (Fsp3) is 0.941. The molecule has 128 valence electrons. The number of hydrogen-bond acceptors (Lipinski definition) is 4. The number of aliphatic hydroxyl groups is 1. The van der Waals surface area contributed by atoms with Crippen molar-refractivity contribution in [3.05, 3.63) is 0 Å². The van der Waals surface area contributed by atoms with E-state index in [0.29, 0.717) is 6.04 Å². The Morgan fingerprint density at radius 3 is 2.59 bits per heavy atom. The number of hydrogen-bond donors (Lipinski definition) is 2. The first-order valence-electron chi connectivity index (χ1n) is 8.93. The zero-order chi connectivity index (χ0) is 15.9. The summed E-state index contributed by atoms with van der Waals surface area (Å²) in [5, 5.41) is 13.2. The number of aliphatic hydroxyl groups excluding tert-OH is 1. The van der Waals surface area contributed by atoms with Gasteiger partial charge >= 0.3 is 0 Å². The predicted octanol–water partition coefficient (Wildman–Crippen LogP) is 1.69. The summed E-state index contributed by atoms with van der Waals surface area (Å²) >= 11 is 0. The lowest BCUT2D eigenvalue weighted by molar-refractivity contribution is -0.128. The fourth-order valence-corrected chi connectivity index (χ4v) is 3.50. The number of piperidine rings is 1. The Bertz CT molecular complexity index is 343. The maximum absolute atomic E-state index is 11.9. The number of amides is 1. The van der Waals surface area contributed by atoms with Gasteiger partial charge < -0.3 is 15.2 Å². The Hall–Kier alpha value is -0.650. The van der Waals surface area contributed by atoms with E-state index in [4.69, 9.17) is 4.74 Å². The normalized spacial score (nSPS) is 29.2. The molecule has 0 aromatic rings. The molecule has 0 spiro atoms. The molecule has 1 aliphatic heterocycles. The third kappa shape index (κ3) is 5.21. The summed E-state index contributed by atoms with van der Waals surface area (Å²) in [5.41, 5.74) is 0. The van der Waals surface area contributed by atoms with E-state index in [2.05, 4.69) is 17.1 Å². The molecule has 1 saturated carbocycles. The highest BCUT2D eigenvalue weighted by Crippen LogP contribution is 2.25. The summed E-state index contributed by atoms with van der Waals surface area (Å²) in [5.74, 6) is -0.00329. The third-order valence-electron chi connectivity index (χ3n) is 5.13. The van der Waals surface area contributed by atoms with Crippen molar-refractivity contribution >= 4 is 5.91 Å². The van der Waals surface area contributed by atoms with Crippen molar-refractivity contribution in [1.82, 2.24) is 10.2 Å². The molecular weight excluding hydrogens is 280 g/mol. The highest BCUT2D eigenvalue weighted by molar-refractivity contribution is 5.77. The van der Waals surface area contributed by atoms with Gasteiger partial charge in [-0.3, -0.25) is 9.69 Å². The maximum Gasteiger partial charge on any atom is 0.246 e. The number of likely N-dealkylation sites (tertiary alicyclic amines) is 1. The zero-order valence-corrected chi connectivity index (χ0v) is 14.1. The highest BCUT2D eigenvalue weighted by Gasteiger charge is 2.31. The Morgan fingerprint density at radius 1 is 1.27 bits per heavy atom. The number of rotatable bonds is 6. The maximum atomic E-state index is 11.9. The standard InChI is InChI=1S/C17H32N2O3/c1-3-13(2)22-12-17(21)18-14-8-10-19(11-9-14)15-6-4-5-7-16(15)20/h13-16,20H,3-12H2,1-2H3,(H,18,21). The second-order valence-electron chi connectivity index (χ2n) is 6.83. The predicted molar refractivity (Wildman–Crippen MR) is 86.7 cm³/mol. The van der Waals surface area contributed by atoms with Gasteiger partial charge in [0, 0.05) is 25.2 Å². The summed E-state index contributed by atoms with van der Waals surface area (Å²) in [6.45, 7) is 6.15. The Morgan fingerprint density at radius 2 is 1.95 bits per heavy atom. The molecule has 2 N–H and O–H groups in total. The molecule has 1 heterocycles. The van der Waals surface area contributed by atoms with E-state index in [-0.39, 0.29) is 30.8 Å². The number of nitrogens with zero attached hydrogens (tertiary/aromatic N) is 1. The summed E-state index contributed by atoms with van der Waals surface area (Å²) in [7, 11) is 0. The van der Waals surface area contributed by atoms with Crippen molar-refractivity contribution in [2.75, 3.05) is 19.7 Å². The van der Waals surface area contributed by atoms with Gasteiger partial charge in [-0.15, -0.1) is 0 Å². The van der Waals surface area contributed by atoms with Crippen LogP contribution in [-0.4, -0.2) is 59.9 Å². The molecule has 1 saturated heterocycles. The topological polar surface area (TPSA) is 61.8 Å². The number of carbonyl (C=O) groups is 1. The average Bonchev–Trinajstić information content (AvgIpc) is 2.54. The largest absolute Gasteiger partial charge is 0.391 e. The van der Waals surface area contributed by atoms with Gasteiger partial charge in [-0.1, -0.05) is 19.8 Å².